The maximum Gasteiger partial charge on any atom is 0.270 e. The number of hydrogen-bond acceptors (Lipinski definition) is 2. The first-order valence-electron chi connectivity index (χ1n) is 7.32. The van der Waals surface area contributed by atoms with E-state index in [9.17, 15) is 9.59 Å². The Hall–Kier alpha value is -2.30. The predicted molar refractivity (Wildman–Crippen MR) is 80.8 cm³/mol. The van der Waals surface area contributed by atoms with Crippen molar-refractivity contribution in [3.8, 4) is 0 Å². The minimum Gasteiger partial charge on any atom is -0.370 e. The fourth-order valence-electron chi connectivity index (χ4n) is 3.06. The number of amides is 2. The largest absolute Gasteiger partial charge is 0.370 e. The van der Waals surface area contributed by atoms with Gasteiger partial charge >= 0.3 is 0 Å². The fraction of sp³-hybridized carbons (Fsp3) is 0.375. The summed E-state index contributed by atoms with van der Waals surface area (Å²) < 4.78 is 0. The van der Waals surface area contributed by atoms with Crippen molar-refractivity contribution in [1.82, 2.24) is 9.88 Å². The van der Waals surface area contributed by atoms with Gasteiger partial charge in [-0.3, -0.25) is 9.59 Å². The standard InChI is InChI=1S/C16H19N3O2/c17-15(20)10-12-6-3-4-8-19(12)16(21)14-9-11-5-1-2-7-13(11)18-14/h1-2,5,7,9,12,18H,3-4,6,8,10H2,(H2,17,20)/t12-/m0/s1. The van der Waals surface area contributed by atoms with Crippen LogP contribution in [-0.4, -0.2) is 34.3 Å². The predicted octanol–water partition coefficient (Wildman–Crippen LogP) is 2.04. The summed E-state index contributed by atoms with van der Waals surface area (Å²) in [6, 6.07) is 9.59. The van der Waals surface area contributed by atoms with E-state index in [2.05, 4.69) is 4.98 Å². The van der Waals surface area contributed by atoms with Crippen molar-refractivity contribution in [2.75, 3.05) is 6.54 Å². The number of fused-ring (bicyclic) bond motifs is 1. The molecule has 2 aromatic rings. The third kappa shape index (κ3) is 2.77. The third-order valence-corrected chi connectivity index (χ3v) is 4.09. The molecule has 3 rings (SSSR count). The van der Waals surface area contributed by atoms with Crippen LogP contribution in [0.15, 0.2) is 30.3 Å². The molecule has 0 aliphatic carbocycles. The van der Waals surface area contributed by atoms with Crippen LogP contribution in [0.3, 0.4) is 0 Å². The first kappa shape index (κ1) is 13.7. The summed E-state index contributed by atoms with van der Waals surface area (Å²) in [6.45, 7) is 0.687. The maximum atomic E-state index is 12.7. The van der Waals surface area contributed by atoms with Gasteiger partial charge in [-0.2, -0.15) is 0 Å². The number of primary amides is 1. The van der Waals surface area contributed by atoms with Crippen molar-refractivity contribution in [2.24, 2.45) is 5.73 Å². The second-order valence-electron chi connectivity index (χ2n) is 5.59. The molecule has 0 saturated carbocycles. The number of aromatic amines is 1. The zero-order valence-corrected chi connectivity index (χ0v) is 11.8. The van der Waals surface area contributed by atoms with Crippen LogP contribution in [0.1, 0.15) is 36.2 Å². The van der Waals surface area contributed by atoms with Crippen LogP contribution in [0.25, 0.3) is 10.9 Å². The fourth-order valence-corrected chi connectivity index (χ4v) is 3.06. The number of para-hydroxylation sites is 1. The first-order chi connectivity index (χ1) is 10.1. The second kappa shape index (κ2) is 5.60. The van der Waals surface area contributed by atoms with E-state index in [-0.39, 0.29) is 24.3 Å². The lowest BCUT2D eigenvalue weighted by Gasteiger charge is -2.34. The minimum atomic E-state index is -0.351. The summed E-state index contributed by atoms with van der Waals surface area (Å²) >= 11 is 0. The third-order valence-electron chi connectivity index (χ3n) is 4.09. The van der Waals surface area contributed by atoms with E-state index < -0.39 is 0 Å². The highest BCUT2D eigenvalue weighted by Gasteiger charge is 2.29. The zero-order valence-electron chi connectivity index (χ0n) is 11.8. The van der Waals surface area contributed by atoms with Gasteiger partial charge in [-0.1, -0.05) is 18.2 Å². The lowest BCUT2D eigenvalue weighted by molar-refractivity contribution is -0.119. The normalized spacial score (nSPS) is 18.9. The highest BCUT2D eigenvalue weighted by atomic mass is 16.2. The SMILES string of the molecule is NC(=O)C[C@@H]1CCCCN1C(=O)c1cc2ccccc2[nH]1. The van der Waals surface area contributed by atoms with E-state index in [1.165, 1.54) is 0 Å². The Kier molecular flexibility index (Phi) is 3.64. The summed E-state index contributed by atoms with van der Waals surface area (Å²) in [6.07, 6.45) is 3.09. The van der Waals surface area contributed by atoms with Crippen LogP contribution < -0.4 is 5.73 Å². The smallest absolute Gasteiger partial charge is 0.270 e. The Morgan fingerprint density at radius 1 is 1.29 bits per heavy atom. The van der Waals surface area contributed by atoms with Crippen molar-refractivity contribution >= 4 is 22.7 Å². The summed E-state index contributed by atoms with van der Waals surface area (Å²) in [7, 11) is 0. The lowest BCUT2D eigenvalue weighted by atomic mass is 9.98. The van der Waals surface area contributed by atoms with Crippen LogP contribution in [0, 0.1) is 0 Å². The van der Waals surface area contributed by atoms with Crippen molar-refractivity contribution < 1.29 is 9.59 Å². The molecule has 5 heteroatoms. The Morgan fingerprint density at radius 2 is 2.10 bits per heavy atom. The Balaban J connectivity index is 1.86. The van der Waals surface area contributed by atoms with E-state index in [1.807, 2.05) is 30.3 Å². The van der Waals surface area contributed by atoms with E-state index >= 15 is 0 Å². The number of nitrogens with zero attached hydrogens (tertiary/aromatic N) is 1. The molecule has 0 spiro atoms. The number of nitrogens with two attached hydrogens (primary N) is 1. The lowest BCUT2D eigenvalue weighted by Crippen LogP contribution is -2.45. The van der Waals surface area contributed by atoms with E-state index in [0.29, 0.717) is 12.2 Å². The molecule has 1 aliphatic heterocycles. The van der Waals surface area contributed by atoms with Gasteiger partial charge in [0.1, 0.15) is 5.69 Å². The molecule has 1 saturated heterocycles. The molecule has 2 amide bonds. The molecule has 1 atom stereocenters. The molecule has 1 aromatic carbocycles. The van der Waals surface area contributed by atoms with Crippen molar-refractivity contribution in [3.05, 3.63) is 36.0 Å². The molecule has 0 unspecified atom stereocenters. The zero-order chi connectivity index (χ0) is 14.8. The number of hydrogen-bond donors (Lipinski definition) is 2. The Labute approximate surface area is 123 Å². The van der Waals surface area contributed by atoms with Gasteiger partial charge in [-0.15, -0.1) is 0 Å². The number of nitrogens with one attached hydrogen (secondary N) is 1. The van der Waals surface area contributed by atoms with Gasteiger partial charge in [0, 0.05) is 29.9 Å². The number of carbonyl (C=O) groups is 2. The summed E-state index contributed by atoms with van der Waals surface area (Å²) in [5.41, 5.74) is 6.83. The van der Waals surface area contributed by atoms with Crippen LogP contribution in [0.5, 0.6) is 0 Å². The number of aromatic nitrogens is 1. The first-order valence-corrected chi connectivity index (χ1v) is 7.32. The Morgan fingerprint density at radius 3 is 2.86 bits per heavy atom. The van der Waals surface area contributed by atoms with Crippen LogP contribution in [0.2, 0.25) is 0 Å². The summed E-state index contributed by atoms with van der Waals surface area (Å²) in [5, 5.41) is 1.02. The molecule has 2 heterocycles. The maximum absolute atomic E-state index is 12.7. The van der Waals surface area contributed by atoms with Gasteiger partial charge in [-0.25, -0.2) is 0 Å². The highest BCUT2D eigenvalue weighted by Crippen LogP contribution is 2.23. The van der Waals surface area contributed by atoms with Gasteiger partial charge in [0.25, 0.3) is 5.91 Å². The summed E-state index contributed by atoms with van der Waals surface area (Å²) in [4.78, 5) is 28.8. The van der Waals surface area contributed by atoms with Crippen molar-refractivity contribution in [2.45, 2.75) is 31.7 Å². The number of rotatable bonds is 3. The molecule has 1 aromatic heterocycles. The van der Waals surface area contributed by atoms with Crippen LogP contribution in [-0.2, 0) is 4.79 Å². The van der Waals surface area contributed by atoms with Gasteiger partial charge in [0.05, 0.1) is 0 Å². The molecule has 0 radical (unpaired) electrons. The van der Waals surface area contributed by atoms with Gasteiger partial charge in [-0.05, 0) is 31.4 Å². The van der Waals surface area contributed by atoms with Gasteiger partial charge in [0.15, 0.2) is 0 Å². The molecule has 1 fully saturated rings. The second-order valence-corrected chi connectivity index (χ2v) is 5.59. The van der Waals surface area contributed by atoms with Crippen LogP contribution >= 0.6 is 0 Å². The highest BCUT2D eigenvalue weighted by molar-refractivity contribution is 5.98. The van der Waals surface area contributed by atoms with Gasteiger partial charge < -0.3 is 15.6 Å². The van der Waals surface area contributed by atoms with Gasteiger partial charge in [0.2, 0.25) is 5.91 Å². The van der Waals surface area contributed by atoms with Crippen molar-refractivity contribution in [3.63, 3.8) is 0 Å². The number of benzene rings is 1. The molecule has 0 bridgehead atoms. The monoisotopic (exact) mass is 285 g/mol. The molecular formula is C16H19N3O2. The van der Waals surface area contributed by atoms with E-state index in [1.54, 1.807) is 4.90 Å². The molecule has 110 valence electrons. The number of piperidine rings is 1. The molecule has 5 nitrogen and oxygen atoms in total. The van der Waals surface area contributed by atoms with E-state index in [0.717, 1.165) is 30.2 Å². The number of carbonyl (C=O) groups excluding carboxylic acids is 2. The van der Waals surface area contributed by atoms with Crippen LogP contribution in [0.4, 0.5) is 0 Å². The topological polar surface area (TPSA) is 79.2 Å². The molecular weight excluding hydrogens is 266 g/mol. The number of likely N-dealkylation sites (tertiary alicyclic amines) is 1. The van der Waals surface area contributed by atoms with Crippen molar-refractivity contribution in [1.29, 1.82) is 0 Å². The Bertz CT molecular complexity index is 644. The van der Waals surface area contributed by atoms with E-state index in [4.69, 9.17) is 5.73 Å². The summed E-state index contributed by atoms with van der Waals surface area (Å²) in [5.74, 6) is -0.395. The average Bonchev–Trinajstić information content (AvgIpc) is 2.90. The number of H-pyrrole nitrogens is 1. The molecule has 3 N–H and O–H groups in total. The molecule has 1 aliphatic rings. The quantitative estimate of drug-likeness (QED) is 0.905. The average molecular weight is 285 g/mol. The minimum absolute atomic E-state index is 0.0443. The molecule has 21 heavy (non-hydrogen) atoms.